The number of carbonyl (C=O) groups is 2. The third-order valence-electron chi connectivity index (χ3n) is 4.68. The van der Waals surface area contributed by atoms with Crippen molar-refractivity contribution >= 4 is 46.5 Å². The zero-order valence-electron chi connectivity index (χ0n) is 20.5. The number of nitriles is 1. The molecule has 0 aliphatic carbocycles. The maximum absolute atomic E-state index is 11.4. The molecule has 1 aromatic carbocycles. The van der Waals surface area contributed by atoms with Crippen LogP contribution in [0.1, 0.15) is 4.88 Å². The molecule has 202 valence electrons. The number of benzene rings is 1. The molecular formula is C23H27F3N4O5S2. The second-order valence-corrected chi connectivity index (χ2v) is 9.64. The van der Waals surface area contributed by atoms with Gasteiger partial charge in [-0.1, -0.05) is 0 Å². The summed E-state index contributed by atoms with van der Waals surface area (Å²) in [5, 5.41) is 21.1. The van der Waals surface area contributed by atoms with Crippen molar-refractivity contribution < 1.29 is 32.3 Å². The van der Waals surface area contributed by atoms with E-state index in [1.165, 1.54) is 26.1 Å². The number of alkyl halides is 3. The highest BCUT2D eigenvalue weighted by Gasteiger charge is 2.38. The summed E-state index contributed by atoms with van der Waals surface area (Å²) in [6.45, 7) is 3.87. The molecule has 1 aliphatic heterocycles. The van der Waals surface area contributed by atoms with Crippen LogP contribution in [-0.2, 0) is 16.6 Å². The number of carboxylic acids is 1. The first-order valence-electron chi connectivity index (χ1n) is 10.6. The van der Waals surface area contributed by atoms with Crippen LogP contribution in [0.15, 0.2) is 39.5 Å². The van der Waals surface area contributed by atoms with Gasteiger partial charge in [-0.05, 0) is 56.1 Å². The van der Waals surface area contributed by atoms with E-state index in [9.17, 15) is 22.8 Å². The number of aliphatic carboxylic acids is 1. The van der Waals surface area contributed by atoms with E-state index in [2.05, 4.69) is 35.8 Å². The maximum Gasteiger partial charge on any atom is 0.490 e. The molecule has 1 fully saturated rings. The van der Waals surface area contributed by atoms with Gasteiger partial charge in [-0.15, -0.1) is 23.1 Å². The molecule has 4 rings (SSSR count). The number of aldehydes is 1. The van der Waals surface area contributed by atoms with E-state index >= 15 is 0 Å². The molecule has 2 aromatic heterocycles. The van der Waals surface area contributed by atoms with Crippen molar-refractivity contribution in [3.05, 3.63) is 45.8 Å². The lowest BCUT2D eigenvalue weighted by Crippen LogP contribution is -2.42. The summed E-state index contributed by atoms with van der Waals surface area (Å²) in [6.07, 6.45) is -2.19. The van der Waals surface area contributed by atoms with Crippen LogP contribution in [-0.4, -0.2) is 59.9 Å². The van der Waals surface area contributed by atoms with Gasteiger partial charge in [-0.2, -0.15) is 18.4 Å². The molecule has 3 aromatic rings. The fourth-order valence-corrected chi connectivity index (χ4v) is 3.72. The van der Waals surface area contributed by atoms with Gasteiger partial charge in [0.2, 0.25) is 0 Å². The average molecular weight is 561 g/mol. The van der Waals surface area contributed by atoms with Crippen LogP contribution >= 0.6 is 23.1 Å². The molecule has 0 bridgehead atoms. The Morgan fingerprint density at radius 1 is 1.38 bits per heavy atom. The number of halogens is 3. The number of carbonyl (C=O) groups excluding carboxylic acids is 1. The number of nitrogens with one attached hydrogen (secondary N) is 2. The Kier molecular flexibility index (Phi) is 13.1. The van der Waals surface area contributed by atoms with Gasteiger partial charge >= 0.3 is 17.9 Å². The van der Waals surface area contributed by atoms with E-state index in [4.69, 9.17) is 19.6 Å². The first-order chi connectivity index (χ1) is 17.4. The Labute approximate surface area is 219 Å². The lowest BCUT2D eigenvalue weighted by atomic mass is 10.1. The number of rotatable bonds is 4. The number of nitrogens with zero attached hydrogens (tertiary/aromatic N) is 2. The number of aromatic nitrogens is 1. The third kappa shape index (κ3) is 10.4. The number of thiophene rings is 1. The monoisotopic (exact) mass is 560 g/mol. The summed E-state index contributed by atoms with van der Waals surface area (Å²) >= 11 is 3.24. The summed E-state index contributed by atoms with van der Waals surface area (Å²) in [6, 6.07) is 12.1. The van der Waals surface area contributed by atoms with Gasteiger partial charge in [0.05, 0.1) is 11.6 Å². The van der Waals surface area contributed by atoms with E-state index < -0.39 is 12.1 Å². The molecule has 9 nitrogen and oxygen atoms in total. The largest absolute Gasteiger partial charge is 0.490 e. The minimum Gasteiger partial charge on any atom is -0.475 e. The normalized spacial score (nSPS) is 13.4. The maximum atomic E-state index is 11.4. The Morgan fingerprint density at radius 3 is 2.32 bits per heavy atom. The number of aryl methyl sites for hydroxylation is 2. The van der Waals surface area contributed by atoms with Crippen LogP contribution in [0.5, 0.6) is 0 Å². The molecule has 3 heterocycles. The molecule has 1 saturated heterocycles. The van der Waals surface area contributed by atoms with Crippen LogP contribution in [0.3, 0.4) is 0 Å². The first-order valence-corrected chi connectivity index (χ1v) is 12.7. The zero-order valence-corrected chi connectivity index (χ0v) is 22.1. The van der Waals surface area contributed by atoms with Crippen molar-refractivity contribution in [3.8, 4) is 16.5 Å². The number of hydrogen-bond acceptors (Lipinski definition) is 9. The van der Waals surface area contributed by atoms with Gasteiger partial charge in [0, 0.05) is 35.8 Å². The van der Waals surface area contributed by atoms with Gasteiger partial charge in [-0.3, -0.25) is 9.88 Å². The summed E-state index contributed by atoms with van der Waals surface area (Å²) in [4.78, 5) is 32.5. The quantitative estimate of drug-likeness (QED) is 0.323. The van der Waals surface area contributed by atoms with Crippen LogP contribution in [0, 0.1) is 24.2 Å². The van der Waals surface area contributed by atoms with Gasteiger partial charge in [0.25, 0.3) is 0 Å². The highest BCUT2D eigenvalue weighted by atomic mass is 32.2. The van der Waals surface area contributed by atoms with E-state index in [-0.39, 0.29) is 11.1 Å². The van der Waals surface area contributed by atoms with Gasteiger partial charge in [0.1, 0.15) is 11.7 Å². The van der Waals surface area contributed by atoms with Crippen molar-refractivity contribution in [1.82, 2.24) is 15.2 Å². The molecular weight excluding hydrogens is 533 g/mol. The van der Waals surface area contributed by atoms with Gasteiger partial charge in [0.15, 0.2) is 5.58 Å². The summed E-state index contributed by atoms with van der Waals surface area (Å²) in [5.74, 6) is -2.75. The average Bonchev–Trinajstić information content (AvgIpc) is 3.37. The molecule has 0 radical (unpaired) electrons. The fraction of sp³-hybridized carbons (Fsp3) is 0.391. The van der Waals surface area contributed by atoms with E-state index in [1.54, 1.807) is 25.4 Å². The molecule has 1 aliphatic rings. The lowest BCUT2D eigenvalue weighted by molar-refractivity contribution is -0.192. The number of carboxylic acid groups (broad SMARTS) is 1. The van der Waals surface area contributed by atoms with Crippen molar-refractivity contribution in [3.63, 3.8) is 0 Å². The standard InChI is InChI=1S/C13H11NO2S.C4H8N2S.C4H7NO.C2HF3O2/c1-8-3-6-12(17-8)9-4-5-11-10(7-9)14(2)13(15)16-11;1-6-4(3-5)7-2;6-3-4-1-5-2-4;3-2(4,5)1(6)7/h3-7H,1-2H3;4,6H,1-2H3;3-5H,1-2H2;(H,6,7). The number of fused-ring (bicyclic) bond motifs is 1. The predicted molar refractivity (Wildman–Crippen MR) is 138 cm³/mol. The Bertz CT molecular complexity index is 1260. The van der Waals surface area contributed by atoms with E-state index in [0.717, 1.165) is 30.5 Å². The smallest absolute Gasteiger partial charge is 0.475 e. The molecule has 1 atom stereocenters. The predicted octanol–water partition coefficient (Wildman–Crippen LogP) is 3.62. The topological polar surface area (TPSA) is 137 Å². The fourth-order valence-electron chi connectivity index (χ4n) is 2.51. The Morgan fingerprint density at radius 2 is 2.00 bits per heavy atom. The minimum absolute atomic E-state index is 0.0417. The summed E-state index contributed by atoms with van der Waals surface area (Å²) < 4.78 is 38.4. The van der Waals surface area contributed by atoms with Gasteiger partial charge < -0.3 is 19.6 Å². The molecule has 3 N–H and O–H groups in total. The SMILES string of the molecule is CNC(C#N)SC.Cc1ccc(-c2ccc3oc(=O)n(C)c3c2)s1.O=C(O)C(F)(F)F.O=CC1CNC1. The van der Waals surface area contributed by atoms with Crippen molar-refractivity contribution in [1.29, 1.82) is 5.26 Å². The number of hydrogen-bond donors (Lipinski definition) is 3. The van der Waals surface area contributed by atoms with Crippen LogP contribution in [0.2, 0.25) is 0 Å². The Hall–Kier alpha value is -3.12. The Balaban J connectivity index is 0.000000286. The van der Waals surface area contributed by atoms with Gasteiger partial charge in [-0.25, -0.2) is 9.59 Å². The second kappa shape index (κ2) is 15.2. The van der Waals surface area contributed by atoms with Crippen molar-refractivity contribution in [2.75, 3.05) is 26.4 Å². The lowest BCUT2D eigenvalue weighted by Gasteiger charge is -2.20. The van der Waals surface area contributed by atoms with Crippen molar-refractivity contribution in [2.24, 2.45) is 13.0 Å². The van der Waals surface area contributed by atoms with E-state index in [0.29, 0.717) is 11.5 Å². The highest BCUT2D eigenvalue weighted by molar-refractivity contribution is 7.99. The number of thioether (sulfide) groups is 1. The third-order valence-corrected chi connectivity index (χ3v) is 6.54. The van der Waals surface area contributed by atoms with E-state index in [1.807, 2.05) is 24.5 Å². The summed E-state index contributed by atoms with van der Waals surface area (Å²) in [5.41, 5.74) is 2.58. The number of oxazole rings is 1. The molecule has 14 heteroatoms. The first kappa shape index (κ1) is 31.9. The van der Waals surface area contributed by atoms with Crippen LogP contribution < -0.4 is 16.4 Å². The molecule has 1 unspecified atom stereocenters. The highest BCUT2D eigenvalue weighted by Crippen LogP contribution is 2.29. The van der Waals surface area contributed by atoms with Crippen LogP contribution in [0.25, 0.3) is 21.5 Å². The molecule has 0 saturated carbocycles. The molecule has 37 heavy (non-hydrogen) atoms. The van der Waals surface area contributed by atoms with Crippen molar-refractivity contribution in [2.45, 2.75) is 18.5 Å². The molecule has 0 spiro atoms. The van der Waals surface area contributed by atoms with Crippen LogP contribution in [0.4, 0.5) is 13.2 Å². The zero-order chi connectivity index (χ0) is 28.2. The molecule has 0 amide bonds. The summed E-state index contributed by atoms with van der Waals surface area (Å²) in [7, 11) is 3.49. The minimum atomic E-state index is -5.08. The second-order valence-electron chi connectivity index (χ2n) is 7.41.